The number of aromatic nitrogens is 3. The number of amides is 1. The molecule has 2 atom stereocenters. The van der Waals surface area contributed by atoms with Crippen LogP contribution in [0.3, 0.4) is 0 Å². The van der Waals surface area contributed by atoms with Crippen LogP contribution in [0.25, 0.3) is 0 Å². The van der Waals surface area contributed by atoms with Crippen molar-refractivity contribution in [2.75, 3.05) is 13.1 Å². The van der Waals surface area contributed by atoms with Crippen LogP contribution in [-0.2, 0) is 11.2 Å². The summed E-state index contributed by atoms with van der Waals surface area (Å²) in [5.74, 6) is 0.490. The van der Waals surface area contributed by atoms with Crippen LogP contribution < -0.4 is 10.6 Å². The van der Waals surface area contributed by atoms with Crippen molar-refractivity contribution in [3.8, 4) is 0 Å². The number of nitrogens with one attached hydrogen (secondary N) is 3. The molecular weight excluding hydrogens is 261 g/mol. The van der Waals surface area contributed by atoms with E-state index < -0.39 is 6.17 Å². The summed E-state index contributed by atoms with van der Waals surface area (Å²) in [6.07, 6.45) is 0.410. The third kappa shape index (κ3) is 3.92. The number of hydrogen-bond donors (Lipinski definition) is 3. The lowest BCUT2D eigenvalue weighted by Gasteiger charge is -2.10. The number of rotatable bonds is 5. The maximum Gasteiger partial charge on any atom is 0.242 e. The minimum atomic E-state index is -0.803. The van der Waals surface area contributed by atoms with Gasteiger partial charge >= 0.3 is 0 Å². The van der Waals surface area contributed by atoms with Gasteiger partial charge in [-0.05, 0) is 18.0 Å². The zero-order valence-electron chi connectivity index (χ0n) is 9.75. The highest BCUT2D eigenvalue weighted by Crippen LogP contribution is 2.08. The van der Waals surface area contributed by atoms with E-state index >= 15 is 0 Å². The molecular formula is C10H15ClFN5O. The lowest BCUT2D eigenvalue weighted by atomic mass is 10.2. The quantitative estimate of drug-likeness (QED) is 0.717. The van der Waals surface area contributed by atoms with Crippen molar-refractivity contribution < 1.29 is 9.18 Å². The molecule has 0 radical (unpaired) electrons. The van der Waals surface area contributed by atoms with Gasteiger partial charge in [-0.3, -0.25) is 9.89 Å². The number of H-pyrrole nitrogens is 1. The summed E-state index contributed by atoms with van der Waals surface area (Å²) in [6, 6.07) is 0.0312. The van der Waals surface area contributed by atoms with Crippen molar-refractivity contribution in [3.63, 3.8) is 0 Å². The fourth-order valence-corrected chi connectivity index (χ4v) is 2.01. The van der Waals surface area contributed by atoms with Gasteiger partial charge in [0.05, 0.1) is 0 Å². The minimum absolute atomic E-state index is 0.0312. The average molecular weight is 276 g/mol. The number of carbonyl (C=O) groups excluding carboxylic acids is 1. The molecule has 2 unspecified atom stereocenters. The lowest BCUT2D eigenvalue weighted by molar-refractivity contribution is -0.121. The first-order chi connectivity index (χ1) is 8.63. The van der Waals surface area contributed by atoms with Crippen molar-refractivity contribution in [1.82, 2.24) is 25.8 Å². The summed E-state index contributed by atoms with van der Waals surface area (Å²) in [6.45, 7) is 0.827. The Bertz CT molecular complexity index is 413. The van der Waals surface area contributed by atoms with Gasteiger partial charge in [0.15, 0.2) is 0 Å². The molecule has 1 aromatic rings. The van der Waals surface area contributed by atoms with Gasteiger partial charge in [-0.2, -0.15) is 0 Å². The Labute approximate surface area is 109 Å². The predicted molar refractivity (Wildman–Crippen MR) is 64.0 cm³/mol. The van der Waals surface area contributed by atoms with Gasteiger partial charge in [-0.1, -0.05) is 0 Å². The van der Waals surface area contributed by atoms with E-state index in [-0.39, 0.29) is 17.2 Å². The third-order valence-electron chi connectivity index (χ3n) is 2.81. The smallest absolute Gasteiger partial charge is 0.242 e. The molecule has 2 rings (SSSR count). The van der Waals surface area contributed by atoms with E-state index in [9.17, 15) is 9.18 Å². The van der Waals surface area contributed by atoms with E-state index in [0.717, 1.165) is 0 Å². The van der Waals surface area contributed by atoms with E-state index in [1.54, 1.807) is 0 Å². The molecule has 1 aliphatic rings. The van der Waals surface area contributed by atoms with Gasteiger partial charge in [0, 0.05) is 32.0 Å². The molecule has 0 aromatic carbocycles. The zero-order chi connectivity index (χ0) is 13.0. The molecule has 2 heterocycles. The second-order valence-electron chi connectivity index (χ2n) is 4.29. The SMILES string of the molecule is O=C(CCc1nc(Cl)n[nH]1)NCC1CC(F)CN1. The van der Waals surface area contributed by atoms with E-state index in [0.29, 0.717) is 38.2 Å². The van der Waals surface area contributed by atoms with Crippen LogP contribution in [0.15, 0.2) is 0 Å². The van der Waals surface area contributed by atoms with Gasteiger partial charge in [-0.25, -0.2) is 9.37 Å². The Morgan fingerprint density at radius 2 is 2.44 bits per heavy atom. The van der Waals surface area contributed by atoms with Crippen LogP contribution >= 0.6 is 11.6 Å². The highest BCUT2D eigenvalue weighted by atomic mass is 35.5. The molecule has 8 heteroatoms. The number of aromatic amines is 1. The summed E-state index contributed by atoms with van der Waals surface area (Å²) in [4.78, 5) is 15.4. The Kier molecular flexibility index (Phi) is 4.48. The van der Waals surface area contributed by atoms with E-state index in [2.05, 4.69) is 25.8 Å². The van der Waals surface area contributed by atoms with Crippen molar-refractivity contribution >= 4 is 17.5 Å². The zero-order valence-corrected chi connectivity index (χ0v) is 10.5. The van der Waals surface area contributed by atoms with Crippen molar-refractivity contribution in [1.29, 1.82) is 0 Å². The summed E-state index contributed by atoms with van der Waals surface area (Å²) in [5, 5.41) is 12.2. The normalized spacial score (nSPS) is 23.2. The van der Waals surface area contributed by atoms with Crippen molar-refractivity contribution in [2.24, 2.45) is 0 Å². The number of alkyl halides is 1. The van der Waals surface area contributed by atoms with E-state index in [1.165, 1.54) is 0 Å². The van der Waals surface area contributed by atoms with Crippen LogP contribution in [0.2, 0.25) is 5.28 Å². The van der Waals surface area contributed by atoms with Crippen LogP contribution in [-0.4, -0.2) is 46.4 Å². The molecule has 0 bridgehead atoms. The Hall–Kier alpha value is -1.21. The van der Waals surface area contributed by atoms with E-state index in [4.69, 9.17) is 11.6 Å². The summed E-state index contributed by atoms with van der Waals surface area (Å²) in [7, 11) is 0. The molecule has 0 saturated carbocycles. The van der Waals surface area contributed by atoms with Gasteiger partial charge in [-0.15, -0.1) is 5.10 Å². The Morgan fingerprint density at radius 3 is 3.06 bits per heavy atom. The highest BCUT2D eigenvalue weighted by Gasteiger charge is 2.23. The van der Waals surface area contributed by atoms with Gasteiger partial charge in [0.2, 0.25) is 11.2 Å². The largest absolute Gasteiger partial charge is 0.355 e. The van der Waals surface area contributed by atoms with E-state index in [1.807, 2.05) is 0 Å². The van der Waals surface area contributed by atoms with Gasteiger partial charge in [0.1, 0.15) is 12.0 Å². The minimum Gasteiger partial charge on any atom is -0.355 e. The van der Waals surface area contributed by atoms with Gasteiger partial charge in [0.25, 0.3) is 0 Å². The first-order valence-corrected chi connectivity index (χ1v) is 6.22. The fourth-order valence-electron chi connectivity index (χ4n) is 1.87. The molecule has 6 nitrogen and oxygen atoms in total. The Balaban J connectivity index is 1.63. The molecule has 0 spiro atoms. The molecule has 1 amide bonds. The number of hydrogen-bond acceptors (Lipinski definition) is 4. The molecule has 100 valence electrons. The predicted octanol–water partition coefficient (Wildman–Crippen LogP) is 0.207. The molecule has 3 N–H and O–H groups in total. The molecule has 1 saturated heterocycles. The third-order valence-corrected chi connectivity index (χ3v) is 2.98. The first kappa shape index (κ1) is 13.2. The summed E-state index contributed by atoms with van der Waals surface area (Å²) < 4.78 is 12.9. The fraction of sp³-hybridized carbons (Fsp3) is 0.700. The standard InChI is InChI=1S/C10H15ClFN5O/c11-10-15-8(16-17-10)1-2-9(18)14-5-7-3-6(12)4-13-7/h6-7,13H,1-5H2,(H,14,18)(H,15,16,17). The Morgan fingerprint density at radius 1 is 1.61 bits per heavy atom. The number of carbonyl (C=O) groups is 1. The topological polar surface area (TPSA) is 82.7 Å². The second kappa shape index (κ2) is 6.10. The van der Waals surface area contributed by atoms with Crippen LogP contribution in [0, 0.1) is 0 Å². The first-order valence-electron chi connectivity index (χ1n) is 5.84. The molecule has 1 aliphatic heterocycles. The average Bonchev–Trinajstić information content (AvgIpc) is 2.93. The monoisotopic (exact) mass is 275 g/mol. The van der Waals surface area contributed by atoms with Crippen LogP contribution in [0.1, 0.15) is 18.7 Å². The number of halogens is 2. The van der Waals surface area contributed by atoms with Crippen LogP contribution in [0.5, 0.6) is 0 Å². The van der Waals surface area contributed by atoms with Crippen LogP contribution in [0.4, 0.5) is 4.39 Å². The lowest BCUT2D eigenvalue weighted by Crippen LogP contribution is -2.37. The van der Waals surface area contributed by atoms with Crippen molar-refractivity contribution in [2.45, 2.75) is 31.5 Å². The molecule has 1 aromatic heterocycles. The molecule has 0 aliphatic carbocycles. The maximum absolute atomic E-state index is 12.9. The summed E-state index contributed by atoms with van der Waals surface area (Å²) >= 11 is 5.54. The highest BCUT2D eigenvalue weighted by molar-refractivity contribution is 6.28. The maximum atomic E-state index is 12.9. The van der Waals surface area contributed by atoms with Crippen molar-refractivity contribution in [3.05, 3.63) is 11.1 Å². The second-order valence-corrected chi connectivity index (χ2v) is 4.63. The number of aryl methyl sites for hydroxylation is 1. The number of nitrogens with zero attached hydrogens (tertiary/aromatic N) is 2. The summed E-state index contributed by atoms with van der Waals surface area (Å²) in [5.41, 5.74) is 0. The molecule has 1 fully saturated rings. The molecule has 18 heavy (non-hydrogen) atoms. The van der Waals surface area contributed by atoms with Gasteiger partial charge < -0.3 is 10.6 Å².